The number of amides is 1. The van der Waals surface area contributed by atoms with Gasteiger partial charge in [-0.1, -0.05) is 24.3 Å². The van der Waals surface area contributed by atoms with Crippen LogP contribution < -0.4 is 10.6 Å². The van der Waals surface area contributed by atoms with Crippen LogP contribution in [0.4, 0.5) is 8.78 Å². The van der Waals surface area contributed by atoms with Gasteiger partial charge in [0.05, 0.1) is 10.6 Å². The molecule has 2 aromatic carbocycles. The number of sulfonamides is 1. The summed E-state index contributed by atoms with van der Waals surface area (Å²) in [6.45, 7) is 0. The van der Waals surface area contributed by atoms with Gasteiger partial charge in [-0.15, -0.1) is 5.10 Å². The number of carbonyl (C=O) groups is 1. The summed E-state index contributed by atoms with van der Waals surface area (Å²) in [5.74, 6) is -3.25. The molecule has 0 unspecified atom stereocenters. The molecule has 0 spiro atoms. The van der Waals surface area contributed by atoms with Crippen molar-refractivity contribution in [3.05, 3.63) is 70.9 Å². The number of nitrogens with zero attached hydrogens (tertiary/aromatic N) is 2. The molecule has 0 aliphatic heterocycles. The highest BCUT2D eigenvalue weighted by Gasteiger charge is 2.29. The van der Waals surface area contributed by atoms with E-state index in [1.54, 1.807) is 12.1 Å². The highest BCUT2D eigenvalue weighted by molar-refractivity contribution is 7.92. The van der Waals surface area contributed by atoms with Crippen LogP contribution in [-0.2, 0) is 22.9 Å². The van der Waals surface area contributed by atoms with Crippen molar-refractivity contribution >= 4 is 15.9 Å². The zero-order chi connectivity index (χ0) is 20.1. The molecule has 4 rings (SSSR count). The smallest absolute Gasteiger partial charge is 0.276 e. The van der Waals surface area contributed by atoms with Crippen molar-refractivity contribution < 1.29 is 22.0 Å². The van der Waals surface area contributed by atoms with Crippen molar-refractivity contribution in [2.45, 2.75) is 17.7 Å². The number of hydrogen-bond acceptors (Lipinski definition) is 4. The summed E-state index contributed by atoms with van der Waals surface area (Å²) in [4.78, 5) is 14.5. The Morgan fingerprint density at radius 2 is 1.86 bits per heavy atom. The minimum absolute atomic E-state index is 0.0440. The molecular formula is C18H14F2N4O3S. The summed E-state index contributed by atoms with van der Waals surface area (Å²) < 4.78 is 51.9. The average Bonchev–Trinajstić information content (AvgIpc) is 3.02. The monoisotopic (exact) mass is 404 g/mol. The third-order valence-corrected chi connectivity index (χ3v) is 5.83. The van der Waals surface area contributed by atoms with Gasteiger partial charge >= 0.3 is 0 Å². The third-order valence-electron chi connectivity index (χ3n) is 4.54. The molecule has 0 bridgehead atoms. The summed E-state index contributed by atoms with van der Waals surface area (Å²) in [6, 6.07) is 9.51. The fourth-order valence-electron chi connectivity index (χ4n) is 3.27. The van der Waals surface area contributed by atoms with Crippen molar-refractivity contribution in [3.8, 4) is 11.3 Å². The molecule has 1 amide bonds. The minimum Gasteiger partial charge on any atom is -0.364 e. The van der Waals surface area contributed by atoms with E-state index in [1.165, 1.54) is 0 Å². The predicted molar refractivity (Wildman–Crippen MR) is 96.5 cm³/mol. The van der Waals surface area contributed by atoms with Crippen molar-refractivity contribution in [3.63, 3.8) is 0 Å². The molecule has 3 N–H and O–H groups in total. The second-order valence-electron chi connectivity index (χ2n) is 6.28. The van der Waals surface area contributed by atoms with Gasteiger partial charge in [0, 0.05) is 11.1 Å². The van der Waals surface area contributed by atoms with E-state index in [2.05, 4.69) is 9.93 Å². The number of carbonyl (C=O) groups excluding carboxylic acids is 1. The molecular weight excluding hydrogens is 390 g/mol. The number of halogens is 2. The van der Waals surface area contributed by atoms with Gasteiger partial charge in [0.1, 0.15) is 0 Å². The molecule has 0 radical (unpaired) electrons. The number of hydrogen-bond donors (Lipinski definition) is 2. The molecule has 1 aliphatic carbocycles. The van der Waals surface area contributed by atoms with Crippen LogP contribution in [0.3, 0.4) is 0 Å². The van der Waals surface area contributed by atoms with Crippen LogP contribution in [0.25, 0.3) is 11.3 Å². The molecule has 0 saturated heterocycles. The first-order chi connectivity index (χ1) is 13.3. The van der Waals surface area contributed by atoms with E-state index >= 15 is 0 Å². The standard InChI is InChI=1S/C18H14F2N4O3S/c19-14-8-6-11(9-15(14)20)28(26,27)23-24-17-12-4-2-1-3-10(12)5-7-13(17)16(22-24)18(21)25/h1-4,6,8-9,23H,5,7H2,(H2,21,25). The lowest BCUT2D eigenvalue weighted by Gasteiger charge is -2.19. The highest BCUT2D eigenvalue weighted by Crippen LogP contribution is 2.35. The maximum Gasteiger partial charge on any atom is 0.276 e. The Hall–Kier alpha value is -3.27. The van der Waals surface area contributed by atoms with Crippen molar-refractivity contribution in [1.29, 1.82) is 0 Å². The van der Waals surface area contributed by atoms with Crippen molar-refractivity contribution in [2.24, 2.45) is 5.73 Å². The van der Waals surface area contributed by atoms with Gasteiger partial charge in [0.25, 0.3) is 15.9 Å². The van der Waals surface area contributed by atoms with Gasteiger partial charge in [-0.3, -0.25) is 4.79 Å². The topological polar surface area (TPSA) is 107 Å². The van der Waals surface area contributed by atoms with Gasteiger partial charge < -0.3 is 5.73 Å². The van der Waals surface area contributed by atoms with E-state index < -0.39 is 32.5 Å². The molecule has 0 fully saturated rings. The van der Waals surface area contributed by atoms with E-state index in [0.29, 0.717) is 41.8 Å². The third kappa shape index (κ3) is 2.91. The number of aromatic nitrogens is 2. The van der Waals surface area contributed by atoms with E-state index in [0.717, 1.165) is 16.4 Å². The fraction of sp³-hybridized carbons (Fsp3) is 0.111. The molecule has 1 aliphatic rings. The maximum absolute atomic E-state index is 13.5. The largest absolute Gasteiger partial charge is 0.364 e. The Bertz CT molecular complexity index is 1220. The lowest BCUT2D eigenvalue weighted by molar-refractivity contribution is 0.0994. The Labute approximate surface area is 158 Å². The van der Waals surface area contributed by atoms with Crippen molar-refractivity contribution in [1.82, 2.24) is 9.89 Å². The van der Waals surface area contributed by atoms with Crippen LogP contribution in [0, 0.1) is 11.6 Å². The number of benzene rings is 2. The van der Waals surface area contributed by atoms with Gasteiger partial charge in [0.15, 0.2) is 17.3 Å². The van der Waals surface area contributed by atoms with Crippen LogP contribution in [0.15, 0.2) is 47.4 Å². The Morgan fingerprint density at radius 1 is 1.11 bits per heavy atom. The van der Waals surface area contributed by atoms with Gasteiger partial charge in [-0.25, -0.2) is 8.78 Å². The van der Waals surface area contributed by atoms with Crippen molar-refractivity contribution in [2.75, 3.05) is 4.83 Å². The number of nitrogens with two attached hydrogens (primary N) is 1. The Kier molecular flexibility index (Phi) is 4.15. The summed E-state index contributed by atoms with van der Waals surface area (Å²) in [6.07, 6.45) is 1.10. The molecule has 1 aromatic heterocycles. The van der Waals surface area contributed by atoms with Crippen LogP contribution in [-0.4, -0.2) is 24.2 Å². The SMILES string of the molecule is NC(=O)c1nn(NS(=O)(=O)c2ccc(F)c(F)c2)c2c1CCc1ccccc1-2. The number of primary amides is 1. The van der Waals surface area contributed by atoms with Gasteiger partial charge in [-0.2, -0.15) is 18.0 Å². The first-order valence-corrected chi connectivity index (χ1v) is 9.74. The number of fused-ring (bicyclic) bond motifs is 3. The molecule has 0 saturated carbocycles. The van der Waals surface area contributed by atoms with Gasteiger partial charge in [-0.05, 0) is 36.6 Å². The zero-order valence-electron chi connectivity index (χ0n) is 14.3. The average molecular weight is 404 g/mol. The fourth-order valence-corrected chi connectivity index (χ4v) is 4.24. The molecule has 3 aromatic rings. The van der Waals surface area contributed by atoms with E-state index in [1.807, 2.05) is 12.1 Å². The van der Waals surface area contributed by atoms with Crippen LogP contribution in [0.5, 0.6) is 0 Å². The normalized spacial score (nSPS) is 12.9. The molecule has 1 heterocycles. The number of aryl methyl sites for hydroxylation is 1. The predicted octanol–water partition coefficient (Wildman–Crippen LogP) is 1.96. The summed E-state index contributed by atoms with van der Waals surface area (Å²) in [7, 11) is -4.31. The molecule has 0 atom stereocenters. The Morgan fingerprint density at radius 3 is 2.57 bits per heavy atom. The first kappa shape index (κ1) is 18.1. The minimum atomic E-state index is -4.31. The highest BCUT2D eigenvalue weighted by atomic mass is 32.2. The maximum atomic E-state index is 13.5. The molecule has 144 valence electrons. The van der Waals surface area contributed by atoms with E-state index in [9.17, 15) is 22.0 Å². The summed E-state index contributed by atoms with van der Waals surface area (Å²) in [5.41, 5.74) is 7.94. The second kappa shape index (κ2) is 6.41. The lowest BCUT2D eigenvalue weighted by Crippen LogP contribution is -2.26. The molecule has 28 heavy (non-hydrogen) atoms. The number of rotatable bonds is 4. The lowest BCUT2D eigenvalue weighted by atomic mass is 9.89. The first-order valence-electron chi connectivity index (χ1n) is 8.26. The van der Waals surface area contributed by atoms with Gasteiger partial charge in [0.2, 0.25) is 0 Å². The van der Waals surface area contributed by atoms with E-state index in [4.69, 9.17) is 5.73 Å². The summed E-state index contributed by atoms with van der Waals surface area (Å²) >= 11 is 0. The number of nitrogens with one attached hydrogen (secondary N) is 1. The van der Waals surface area contributed by atoms with E-state index in [-0.39, 0.29) is 5.69 Å². The summed E-state index contributed by atoms with van der Waals surface area (Å²) in [5, 5.41) is 4.02. The molecule has 10 heteroatoms. The molecule has 7 nitrogen and oxygen atoms in total. The second-order valence-corrected chi connectivity index (χ2v) is 7.94. The van der Waals surface area contributed by atoms with Crippen LogP contribution in [0.2, 0.25) is 0 Å². The van der Waals surface area contributed by atoms with Crippen LogP contribution >= 0.6 is 0 Å². The van der Waals surface area contributed by atoms with Crippen LogP contribution in [0.1, 0.15) is 21.6 Å². The zero-order valence-corrected chi connectivity index (χ0v) is 15.1. The Balaban J connectivity index is 1.85. The quantitative estimate of drug-likeness (QED) is 0.693.